The fraction of sp³-hybridized carbons (Fsp3) is 0.462. The molecule has 9 heteroatoms. The van der Waals surface area contributed by atoms with Crippen molar-refractivity contribution in [1.29, 1.82) is 0 Å². The summed E-state index contributed by atoms with van der Waals surface area (Å²) in [4.78, 5) is 12.9. The second-order valence-electron chi connectivity index (χ2n) is 4.20. The van der Waals surface area contributed by atoms with Gasteiger partial charge in [0.2, 0.25) is 0 Å². The van der Waals surface area contributed by atoms with Crippen LogP contribution in [0.3, 0.4) is 0 Å². The molecule has 22 heavy (non-hydrogen) atoms. The summed E-state index contributed by atoms with van der Waals surface area (Å²) >= 11 is 0. The van der Waals surface area contributed by atoms with E-state index in [4.69, 9.17) is 14.9 Å². The molecule has 0 fully saturated rings. The lowest BCUT2D eigenvalue weighted by Gasteiger charge is -2.22. The monoisotopic (exact) mass is 325 g/mol. The molecule has 0 aliphatic heterocycles. The molecule has 1 aromatic carbocycles. The van der Waals surface area contributed by atoms with E-state index in [0.29, 0.717) is 0 Å². The number of ether oxygens (including phenoxy) is 1. The van der Waals surface area contributed by atoms with Gasteiger partial charge < -0.3 is 19.8 Å². The minimum absolute atomic E-state index is 0.00925. The first-order chi connectivity index (χ1) is 10.4. The second kappa shape index (κ2) is 8.66. The molecule has 5 nitrogen and oxygen atoms in total. The third kappa shape index (κ3) is 4.39. The Labute approximate surface area is 123 Å². The number of benzene rings is 1. The Bertz CT molecular complexity index is 527. The lowest BCUT2D eigenvalue weighted by Crippen LogP contribution is -2.37. The van der Waals surface area contributed by atoms with E-state index in [2.05, 4.69) is 0 Å². The Hall–Kier alpha value is -1.71. The second-order valence-corrected chi connectivity index (χ2v) is 4.20. The van der Waals surface area contributed by atoms with Crippen LogP contribution in [0.2, 0.25) is 0 Å². The van der Waals surface area contributed by atoms with E-state index >= 15 is 0 Å². The highest BCUT2D eigenvalue weighted by Crippen LogP contribution is 2.20. The van der Waals surface area contributed by atoms with Crippen LogP contribution >= 0.6 is 0 Å². The van der Waals surface area contributed by atoms with Gasteiger partial charge in [-0.05, 0) is 6.07 Å². The zero-order chi connectivity index (χ0) is 16.7. The van der Waals surface area contributed by atoms with Gasteiger partial charge in [0, 0.05) is 13.1 Å². The maximum Gasteiger partial charge on any atom is 0.257 e. The van der Waals surface area contributed by atoms with Gasteiger partial charge in [-0.1, -0.05) is 0 Å². The van der Waals surface area contributed by atoms with Crippen LogP contribution in [0.15, 0.2) is 6.07 Å². The Kier molecular flexibility index (Phi) is 7.22. The molecule has 2 N–H and O–H groups in total. The quantitative estimate of drug-likeness (QED) is 0.319. The van der Waals surface area contributed by atoms with Crippen molar-refractivity contribution in [2.75, 3.05) is 39.5 Å². The molecule has 0 unspecified atom stereocenters. The molecule has 1 rings (SSSR count). The minimum atomic E-state index is -2.08. The number of aliphatic hydroxyl groups excluding tert-OH is 2. The van der Waals surface area contributed by atoms with Gasteiger partial charge in [0.25, 0.3) is 5.91 Å². The lowest BCUT2D eigenvalue weighted by atomic mass is 10.1. The average molecular weight is 325 g/mol. The van der Waals surface area contributed by atoms with Crippen LogP contribution in [0.5, 0.6) is 0 Å². The number of carbonyl (C=O) groups excluding carboxylic acids is 1. The molecule has 0 aliphatic rings. The molecule has 0 heterocycles. The Morgan fingerprint density at radius 2 is 1.68 bits per heavy atom. The van der Waals surface area contributed by atoms with Gasteiger partial charge >= 0.3 is 0 Å². The van der Waals surface area contributed by atoms with Crippen LogP contribution in [0, 0.1) is 23.3 Å². The number of rotatable bonds is 8. The molecule has 1 amide bonds. The molecular weight excluding hydrogens is 310 g/mol. The standard InChI is InChI=1S/C13H15F4NO4/c14-9-7-8(10(15)12(17)11(9)16)13(21)18(1-3-19)2-5-22-6-4-20/h7,19-20H,1-6H2. The molecule has 0 saturated heterocycles. The van der Waals surface area contributed by atoms with Gasteiger partial charge in [0.15, 0.2) is 23.3 Å². The molecule has 0 bridgehead atoms. The Morgan fingerprint density at radius 3 is 2.27 bits per heavy atom. The molecule has 0 atom stereocenters. The van der Waals surface area contributed by atoms with Gasteiger partial charge in [-0.15, -0.1) is 0 Å². The number of aliphatic hydroxyl groups is 2. The summed E-state index contributed by atoms with van der Waals surface area (Å²) in [6.45, 7) is -1.09. The van der Waals surface area contributed by atoms with Crippen molar-refractivity contribution in [1.82, 2.24) is 4.90 Å². The van der Waals surface area contributed by atoms with E-state index in [-0.39, 0.29) is 39.0 Å². The van der Waals surface area contributed by atoms with Crippen molar-refractivity contribution in [3.63, 3.8) is 0 Å². The molecule has 1 aromatic rings. The summed E-state index contributed by atoms with van der Waals surface area (Å²) in [6.07, 6.45) is 0. The first-order valence-corrected chi connectivity index (χ1v) is 6.35. The Morgan fingerprint density at radius 1 is 1.00 bits per heavy atom. The SMILES string of the molecule is O=C(c1cc(F)c(F)c(F)c1F)N(CCO)CCOCCO. The smallest absolute Gasteiger partial charge is 0.257 e. The summed E-state index contributed by atoms with van der Waals surface area (Å²) in [6, 6.07) is 0.259. The van der Waals surface area contributed by atoms with Crippen LogP contribution < -0.4 is 0 Å². The van der Waals surface area contributed by atoms with Crippen molar-refractivity contribution in [2.24, 2.45) is 0 Å². The summed E-state index contributed by atoms with van der Waals surface area (Å²) in [7, 11) is 0. The Balaban J connectivity index is 2.94. The van der Waals surface area contributed by atoms with Crippen molar-refractivity contribution in [2.45, 2.75) is 0 Å². The van der Waals surface area contributed by atoms with Crippen LogP contribution in [0.25, 0.3) is 0 Å². The van der Waals surface area contributed by atoms with Crippen molar-refractivity contribution in [3.05, 3.63) is 34.9 Å². The predicted octanol–water partition coefficient (Wildman–Crippen LogP) is 0.686. The van der Waals surface area contributed by atoms with Gasteiger partial charge in [-0.3, -0.25) is 4.79 Å². The third-order valence-electron chi connectivity index (χ3n) is 2.73. The van der Waals surface area contributed by atoms with Crippen molar-refractivity contribution >= 4 is 5.91 Å². The topological polar surface area (TPSA) is 70.0 Å². The third-order valence-corrected chi connectivity index (χ3v) is 2.73. The number of carbonyl (C=O) groups is 1. The highest BCUT2D eigenvalue weighted by Gasteiger charge is 2.26. The van der Waals surface area contributed by atoms with E-state index in [9.17, 15) is 22.4 Å². The maximum absolute atomic E-state index is 13.6. The van der Waals surface area contributed by atoms with Gasteiger partial charge in [0.1, 0.15) is 0 Å². The lowest BCUT2D eigenvalue weighted by molar-refractivity contribution is 0.0526. The molecule has 0 aromatic heterocycles. The molecule has 0 radical (unpaired) electrons. The zero-order valence-corrected chi connectivity index (χ0v) is 11.5. The normalized spacial score (nSPS) is 10.8. The van der Waals surface area contributed by atoms with Crippen LogP contribution in [-0.2, 0) is 4.74 Å². The predicted molar refractivity (Wildman–Crippen MR) is 67.2 cm³/mol. The van der Waals surface area contributed by atoms with Crippen LogP contribution in [0.1, 0.15) is 10.4 Å². The van der Waals surface area contributed by atoms with Crippen LogP contribution in [0.4, 0.5) is 17.6 Å². The largest absolute Gasteiger partial charge is 0.395 e. The molecule has 124 valence electrons. The highest BCUT2D eigenvalue weighted by molar-refractivity contribution is 5.94. The number of halogens is 4. The zero-order valence-electron chi connectivity index (χ0n) is 11.5. The number of amides is 1. The first kappa shape index (κ1) is 18.3. The summed E-state index contributed by atoms with van der Waals surface area (Å²) in [5, 5.41) is 17.4. The van der Waals surface area contributed by atoms with E-state index in [1.54, 1.807) is 0 Å². The fourth-order valence-electron chi connectivity index (χ4n) is 1.68. The number of nitrogens with zero attached hydrogens (tertiary/aromatic N) is 1. The van der Waals surface area contributed by atoms with E-state index in [1.807, 2.05) is 0 Å². The minimum Gasteiger partial charge on any atom is -0.395 e. The molecule has 0 spiro atoms. The molecule has 0 aliphatic carbocycles. The summed E-state index contributed by atoms with van der Waals surface area (Å²) in [5.41, 5.74) is -0.980. The van der Waals surface area contributed by atoms with Gasteiger partial charge in [0.05, 0.1) is 32.0 Å². The van der Waals surface area contributed by atoms with Gasteiger partial charge in [-0.2, -0.15) is 0 Å². The van der Waals surface area contributed by atoms with Crippen molar-refractivity contribution < 1.29 is 37.3 Å². The molecule has 0 saturated carbocycles. The van der Waals surface area contributed by atoms with Crippen LogP contribution in [-0.4, -0.2) is 60.5 Å². The van der Waals surface area contributed by atoms with Crippen molar-refractivity contribution in [3.8, 4) is 0 Å². The number of hydrogen-bond donors (Lipinski definition) is 2. The van der Waals surface area contributed by atoms with Gasteiger partial charge in [-0.25, -0.2) is 17.6 Å². The first-order valence-electron chi connectivity index (χ1n) is 6.35. The van der Waals surface area contributed by atoms with E-state index < -0.39 is 41.3 Å². The number of hydrogen-bond acceptors (Lipinski definition) is 4. The highest BCUT2D eigenvalue weighted by atomic mass is 19.2. The van der Waals surface area contributed by atoms with E-state index in [0.717, 1.165) is 4.90 Å². The average Bonchev–Trinajstić information content (AvgIpc) is 2.51. The van der Waals surface area contributed by atoms with E-state index in [1.165, 1.54) is 0 Å². The summed E-state index contributed by atoms with van der Waals surface area (Å²) < 4.78 is 57.6. The fourth-order valence-corrected chi connectivity index (χ4v) is 1.68. The summed E-state index contributed by atoms with van der Waals surface area (Å²) in [5.74, 6) is -8.69. The molecular formula is C13H15F4NO4. The maximum atomic E-state index is 13.6.